The van der Waals surface area contributed by atoms with Crippen LogP contribution in [0.3, 0.4) is 0 Å². The number of aliphatic hydroxyl groups is 1. The number of ether oxygens (including phenoxy) is 2. The maximum atomic E-state index is 13.3. The normalized spacial score (nSPS) is 12.0. The Bertz CT molecular complexity index is 609. The summed E-state index contributed by atoms with van der Waals surface area (Å²) >= 11 is 3.36. The summed E-state index contributed by atoms with van der Waals surface area (Å²) in [5.74, 6) is 0.733. The average molecular weight is 355 g/mol. The molecule has 0 bridgehead atoms. The molecule has 0 amide bonds. The van der Waals surface area contributed by atoms with Crippen LogP contribution >= 0.6 is 15.9 Å². The molecule has 0 fully saturated rings. The Labute approximate surface area is 131 Å². The van der Waals surface area contributed by atoms with E-state index in [0.29, 0.717) is 22.6 Å². The zero-order chi connectivity index (χ0) is 15.4. The van der Waals surface area contributed by atoms with Crippen molar-refractivity contribution in [1.82, 2.24) is 0 Å². The van der Waals surface area contributed by atoms with Crippen molar-refractivity contribution in [3.8, 4) is 11.5 Å². The van der Waals surface area contributed by atoms with E-state index in [1.54, 1.807) is 24.3 Å². The van der Waals surface area contributed by atoms with Gasteiger partial charge in [-0.25, -0.2) is 4.39 Å². The van der Waals surface area contributed by atoms with Crippen molar-refractivity contribution in [3.63, 3.8) is 0 Å². The zero-order valence-corrected chi connectivity index (χ0v) is 13.4. The van der Waals surface area contributed by atoms with Gasteiger partial charge in [0.15, 0.2) is 0 Å². The van der Waals surface area contributed by atoms with Crippen LogP contribution in [0.25, 0.3) is 0 Å². The van der Waals surface area contributed by atoms with E-state index in [1.165, 1.54) is 26.4 Å². The van der Waals surface area contributed by atoms with Gasteiger partial charge in [-0.1, -0.05) is 22.0 Å². The van der Waals surface area contributed by atoms with Crippen LogP contribution in [0.2, 0.25) is 0 Å². The van der Waals surface area contributed by atoms with E-state index >= 15 is 0 Å². The van der Waals surface area contributed by atoms with E-state index < -0.39 is 6.10 Å². The minimum atomic E-state index is -0.866. The number of hydrogen-bond acceptors (Lipinski definition) is 3. The third-order valence-electron chi connectivity index (χ3n) is 3.22. The number of halogens is 2. The first kappa shape index (κ1) is 15.8. The molecule has 0 radical (unpaired) electrons. The van der Waals surface area contributed by atoms with Gasteiger partial charge in [0.25, 0.3) is 0 Å². The molecule has 0 aliphatic rings. The lowest BCUT2D eigenvalue weighted by Crippen LogP contribution is -2.07. The molecule has 0 heterocycles. The van der Waals surface area contributed by atoms with Crippen LogP contribution in [0.15, 0.2) is 40.9 Å². The molecule has 2 aromatic rings. The smallest absolute Gasteiger partial charge is 0.128 e. The molecular formula is C16H16BrFO3. The summed E-state index contributed by atoms with van der Waals surface area (Å²) < 4.78 is 24.6. The molecule has 1 atom stereocenters. The Morgan fingerprint density at radius 1 is 1.14 bits per heavy atom. The summed E-state index contributed by atoms with van der Waals surface area (Å²) in [5, 5.41) is 10.5. The van der Waals surface area contributed by atoms with E-state index in [2.05, 4.69) is 15.9 Å². The molecule has 3 nitrogen and oxygen atoms in total. The van der Waals surface area contributed by atoms with Gasteiger partial charge in [0.05, 0.1) is 25.9 Å². The van der Waals surface area contributed by atoms with E-state index in [9.17, 15) is 9.50 Å². The maximum Gasteiger partial charge on any atom is 0.128 e. The van der Waals surface area contributed by atoms with Gasteiger partial charge in [0.1, 0.15) is 17.3 Å². The molecule has 2 aromatic carbocycles. The van der Waals surface area contributed by atoms with E-state index in [-0.39, 0.29) is 12.2 Å². The maximum absolute atomic E-state index is 13.3. The summed E-state index contributed by atoms with van der Waals surface area (Å²) in [6.07, 6.45) is -0.621. The topological polar surface area (TPSA) is 38.7 Å². The molecule has 0 saturated heterocycles. The molecule has 0 aromatic heterocycles. The fraction of sp³-hybridized carbons (Fsp3) is 0.250. The third kappa shape index (κ3) is 3.54. The molecule has 21 heavy (non-hydrogen) atoms. The second kappa shape index (κ2) is 6.91. The highest BCUT2D eigenvalue weighted by Crippen LogP contribution is 2.36. The lowest BCUT2D eigenvalue weighted by atomic mass is 9.99. The number of aliphatic hydroxyl groups excluding tert-OH is 1. The van der Waals surface area contributed by atoms with Crippen LogP contribution in [0, 0.1) is 5.82 Å². The fourth-order valence-corrected chi connectivity index (χ4v) is 2.63. The standard InChI is InChI=1S/C16H16BrFO3/c1-20-14-4-3-5-15(21-2)16(14)13(19)9-10-8-11(18)6-7-12(10)17/h3-8,13,19H,9H2,1-2H3. The van der Waals surface area contributed by atoms with Crippen LogP contribution in [-0.2, 0) is 6.42 Å². The molecule has 5 heteroatoms. The fourth-order valence-electron chi connectivity index (χ4n) is 2.22. The Hall–Kier alpha value is -1.59. The van der Waals surface area contributed by atoms with Gasteiger partial charge in [-0.2, -0.15) is 0 Å². The zero-order valence-electron chi connectivity index (χ0n) is 11.8. The first-order valence-electron chi connectivity index (χ1n) is 6.39. The number of methoxy groups -OCH3 is 2. The van der Waals surface area contributed by atoms with Crippen molar-refractivity contribution in [2.45, 2.75) is 12.5 Å². The monoisotopic (exact) mass is 354 g/mol. The summed E-state index contributed by atoms with van der Waals surface area (Å²) in [4.78, 5) is 0. The van der Waals surface area contributed by atoms with Crippen LogP contribution < -0.4 is 9.47 Å². The van der Waals surface area contributed by atoms with Gasteiger partial charge in [-0.05, 0) is 35.9 Å². The molecule has 112 valence electrons. The van der Waals surface area contributed by atoms with Crippen molar-refractivity contribution in [2.75, 3.05) is 14.2 Å². The molecule has 1 unspecified atom stereocenters. The first-order chi connectivity index (χ1) is 10.1. The van der Waals surface area contributed by atoms with Crippen LogP contribution in [0.5, 0.6) is 11.5 Å². The van der Waals surface area contributed by atoms with E-state index in [1.807, 2.05) is 0 Å². The Morgan fingerprint density at radius 2 is 1.76 bits per heavy atom. The largest absolute Gasteiger partial charge is 0.496 e. The van der Waals surface area contributed by atoms with Crippen molar-refractivity contribution in [2.24, 2.45) is 0 Å². The second-order valence-electron chi connectivity index (χ2n) is 4.53. The van der Waals surface area contributed by atoms with Crippen LogP contribution in [-0.4, -0.2) is 19.3 Å². The predicted molar refractivity (Wildman–Crippen MR) is 82.3 cm³/mol. The number of benzene rings is 2. The summed E-state index contributed by atoms with van der Waals surface area (Å²) in [5.41, 5.74) is 1.23. The summed E-state index contributed by atoms with van der Waals surface area (Å²) in [6.45, 7) is 0. The lowest BCUT2D eigenvalue weighted by molar-refractivity contribution is 0.169. The Balaban J connectivity index is 2.36. The quantitative estimate of drug-likeness (QED) is 0.885. The van der Waals surface area contributed by atoms with Gasteiger partial charge in [-0.15, -0.1) is 0 Å². The van der Waals surface area contributed by atoms with Crippen molar-refractivity contribution in [1.29, 1.82) is 0 Å². The number of rotatable bonds is 5. The molecule has 0 saturated carbocycles. The minimum absolute atomic E-state index is 0.245. The molecule has 2 rings (SSSR count). The highest BCUT2D eigenvalue weighted by Gasteiger charge is 2.20. The highest BCUT2D eigenvalue weighted by molar-refractivity contribution is 9.10. The van der Waals surface area contributed by atoms with Gasteiger partial charge >= 0.3 is 0 Å². The van der Waals surface area contributed by atoms with Crippen molar-refractivity contribution >= 4 is 15.9 Å². The van der Waals surface area contributed by atoms with Crippen molar-refractivity contribution in [3.05, 3.63) is 57.8 Å². The second-order valence-corrected chi connectivity index (χ2v) is 5.39. The highest BCUT2D eigenvalue weighted by atomic mass is 79.9. The van der Waals surface area contributed by atoms with Gasteiger partial charge in [-0.3, -0.25) is 0 Å². The van der Waals surface area contributed by atoms with Gasteiger partial charge < -0.3 is 14.6 Å². The van der Waals surface area contributed by atoms with Crippen LogP contribution in [0.4, 0.5) is 4.39 Å². The summed E-state index contributed by atoms with van der Waals surface area (Å²) in [7, 11) is 3.06. The minimum Gasteiger partial charge on any atom is -0.496 e. The SMILES string of the molecule is COc1cccc(OC)c1C(O)Cc1cc(F)ccc1Br. The molecule has 0 aliphatic carbocycles. The molecule has 0 aliphatic heterocycles. The van der Waals surface area contributed by atoms with Crippen molar-refractivity contribution < 1.29 is 19.0 Å². The number of hydrogen-bond donors (Lipinski definition) is 1. The van der Waals surface area contributed by atoms with Gasteiger partial charge in [0, 0.05) is 10.9 Å². The first-order valence-corrected chi connectivity index (χ1v) is 7.19. The summed E-state index contributed by atoms with van der Waals surface area (Å²) in [6, 6.07) is 9.67. The Kier molecular flexibility index (Phi) is 5.20. The average Bonchev–Trinajstić information content (AvgIpc) is 2.49. The van der Waals surface area contributed by atoms with E-state index in [4.69, 9.17) is 9.47 Å². The lowest BCUT2D eigenvalue weighted by Gasteiger charge is -2.18. The van der Waals surface area contributed by atoms with E-state index in [0.717, 1.165) is 4.47 Å². The van der Waals surface area contributed by atoms with Crippen LogP contribution in [0.1, 0.15) is 17.2 Å². The Morgan fingerprint density at radius 3 is 2.33 bits per heavy atom. The van der Waals surface area contributed by atoms with Gasteiger partial charge in [0.2, 0.25) is 0 Å². The molecule has 0 spiro atoms. The predicted octanol–water partition coefficient (Wildman–Crippen LogP) is 3.88. The molecule has 1 N–H and O–H groups in total. The third-order valence-corrected chi connectivity index (χ3v) is 3.99. The molecular weight excluding hydrogens is 339 g/mol.